The van der Waals surface area contributed by atoms with Gasteiger partial charge in [0.25, 0.3) is 0 Å². The van der Waals surface area contributed by atoms with Crippen LogP contribution in [0.15, 0.2) is 11.1 Å². The molecule has 0 amide bonds. The van der Waals surface area contributed by atoms with Crippen LogP contribution in [0.5, 0.6) is 0 Å². The Morgan fingerprint density at radius 1 is 1.07 bits per heavy atom. The van der Waals surface area contributed by atoms with Crippen molar-refractivity contribution in [2.45, 2.75) is 83.1 Å². The van der Waals surface area contributed by atoms with Crippen molar-refractivity contribution < 1.29 is 123 Å². The summed E-state index contributed by atoms with van der Waals surface area (Å²) in [6, 6.07) is 0. The van der Waals surface area contributed by atoms with Crippen LogP contribution in [0.3, 0.4) is 0 Å². The summed E-state index contributed by atoms with van der Waals surface area (Å²) < 4.78 is 5.49. The van der Waals surface area contributed by atoms with Gasteiger partial charge in [0.05, 0.1) is 35.9 Å². The summed E-state index contributed by atoms with van der Waals surface area (Å²) in [4.78, 5) is 13.6. The topological polar surface area (TPSA) is 127 Å². The number of carbonyl (C=O) groups excluding carboxylic acids is 1. The van der Waals surface area contributed by atoms with Gasteiger partial charge in [0.2, 0.25) is 0 Å². The smallest absolute Gasteiger partial charge is 0.174 e. The molecule has 8 unspecified atom stereocenters. The molecular formula is C21H32Ac2O7. The van der Waals surface area contributed by atoms with Gasteiger partial charge < -0.3 is 30.3 Å². The first-order chi connectivity index (χ1) is 12.7. The summed E-state index contributed by atoms with van der Waals surface area (Å²) >= 11 is 0. The molecule has 30 heavy (non-hydrogen) atoms. The zero-order valence-electron chi connectivity index (χ0n) is 18.3. The summed E-state index contributed by atoms with van der Waals surface area (Å²) in [7, 11) is 0. The van der Waals surface area contributed by atoms with Gasteiger partial charge in [-0.05, 0) is 30.9 Å². The fourth-order valence-corrected chi connectivity index (χ4v) is 7.00. The maximum absolute atomic E-state index is 13.6. The molecule has 4 rings (SSSR count). The van der Waals surface area contributed by atoms with Crippen molar-refractivity contribution in [1.29, 1.82) is 0 Å². The zero-order valence-corrected chi connectivity index (χ0v) is 27.8. The molecule has 3 aliphatic carbocycles. The summed E-state index contributed by atoms with van der Waals surface area (Å²) in [6.45, 7) is 8.58. The first kappa shape index (κ1) is 28.3. The summed E-state index contributed by atoms with van der Waals surface area (Å²) in [5.74, 6) is -2.05. The number of ether oxygens (including phenoxy) is 1. The molecule has 1 saturated heterocycles. The van der Waals surface area contributed by atoms with Crippen molar-refractivity contribution >= 4 is 5.78 Å². The Balaban J connectivity index is 0.00000160. The second-order valence-electron chi connectivity index (χ2n) is 10.2. The minimum Gasteiger partial charge on any atom is -0.392 e. The van der Waals surface area contributed by atoms with Gasteiger partial charge in [0.1, 0.15) is 11.7 Å². The average Bonchev–Trinajstić information content (AvgIpc) is 2.60. The van der Waals surface area contributed by atoms with E-state index in [2.05, 4.69) is 0 Å². The number of rotatable bonds is 0. The predicted octanol–water partition coefficient (Wildman–Crippen LogP) is -0.0785. The summed E-state index contributed by atoms with van der Waals surface area (Å²) in [5, 5.41) is 56.1. The van der Waals surface area contributed by atoms with Gasteiger partial charge in [-0.25, -0.2) is 0 Å². The van der Waals surface area contributed by atoms with Crippen molar-refractivity contribution in [2.24, 2.45) is 22.7 Å². The van der Waals surface area contributed by atoms with Gasteiger partial charge >= 0.3 is 0 Å². The third-order valence-electron chi connectivity index (χ3n) is 8.88. The minimum absolute atomic E-state index is 0. The number of Topliss-reactive ketones (excluding diaryl/α,β-unsaturated/α-hetero) is 1. The van der Waals surface area contributed by atoms with Crippen LogP contribution in [0.2, 0.25) is 0 Å². The average molecular weight is 850 g/mol. The monoisotopic (exact) mass is 850 g/mol. The first-order valence-electron chi connectivity index (χ1n) is 10.1. The molecular weight excluding hydrogens is 818 g/mol. The number of aliphatic hydroxyl groups excluding tert-OH is 3. The van der Waals surface area contributed by atoms with Crippen molar-refractivity contribution in [3.05, 3.63) is 11.1 Å². The number of hydrogen-bond acceptors (Lipinski definition) is 7. The number of ketones is 1. The van der Waals surface area contributed by atoms with E-state index in [9.17, 15) is 30.3 Å². The van der Waals surface area contributed by atoms with E-state index in [1.165, 1.54) is 0 Å². The fourth-order valence-electron chi connectivity index (χ4n) is 7.00. The molecule has 2 radical (unpaired) electrons. The second-order valence-corrected chi connectivity index (χ2v) is 10.2. The van der Waals surface area contributed by atoms with Crippen LogP contribution in [0.4, 0.5) is 0 Å². The van der Waals surface area contributed by atoms with Gasteiger partial charge in [-0.3, -0.25) is 4.79 Å². The van der Waals surface area contributed by atoms with Crippen molar-refractivity contribution in [1.82, 2.24) is 0 Å². The van der Waals surface area contributed by atoms with Crippen LogP contribution < -0.4 is 0 Å². The van der Waals surface area contributed by atoms with E-state index in [1.807, 2.05) is 0 Å². The van der Waals surface area contributed by atoms with Crippen LogP contribution >= 0.6 is 0 Å². The van der Waals surface area contributed by atoms with Crippen LogP contribution in [0.25, 0.3) is 0 Å². The quantitative estimate of drug-likeness (QED) is 0.216. The molecule has 0 aromatic rings. The fraction of sp³-hybridized carbons (Fsp3) is 0.857. The number of aliphatic hydroxyl groups is 5. The van der Waals surface area contributed by atoms with Crippen LogP contribution in [-0.4, -0.2) is 73.5 Å². The van der Waals surface area contributed by atoms with E-state index in [0.29, 0.717) is 11.1 Å². The first-order valence-corrected chi connectivity index (χ1v) is 10.1. The van der Waals surface area contributed by atoms with Gasteiger partial charge in [-0.15, -0.1) is 0 Å². The maximum atomic E-state index is 13.6. The summed E-state index contributed by atoms with van der Waals surface area (Å²) in [5.41, 5.74) is -4.54. The van der Waals surface area contributed by atoms with Crippen LogP contribution in [0, 0.1) is 111 Å². The third kappa shape index (κ3) is 3.27. The van der Waals surface area contributed by atoms with E-state index >= 15 is 0 Å². The van der Waals surface area contributed by atoms with Crippen molar-refractivity contribution in [3.63, 3.8) is 0 Å². The molecule has 3 fully saturated rings. The van der Waals surface area contributed by atoms with Crippen LogP contribution in [0.1, 0.15) is 47.5 Å². The molecule has 0 spiro atoms. The number of carbonyl (C=O) groups is 1. The number of fused-ring (bicyclic) bond motifs is 5. The molecule has 4 aliphatic rings. The maximum Gasteiger partial charge on any atom is 0.174 e. The van der Waals surface area contributed by atoms with Gasteiger partial charge in [-0.1, -0.05) is 20.8 Å². The molecule has 5 N–H and O–H groups in total. The van der Waals surface area contributed by atoms with Crippen molar-refractivity contribution in [2.75, 3.05) is 6.61 Å². The van der Waals surface area contributed by atoms with Gasteiger partial charge in [-0.2, -0.15) is 0 Å². The van der Waals surface area contributed by atoms with E-state index in [-0.39, 0.29) is 108 Å². The normalized spacial score (nSPS) is 51.9. The Morgan fingerprint density at radius 3 is 2.13 bits per heavy atom. The van der Waals surface area contributed by atoms with E-state index in [0.717, 1.165) is 0 Å². The second kappa shape index (κ2) is 8.62. The minimum atomic E-state index is -1.58. The molecule has 9 atom stereocenters. The molecule has 1 heterocycles. The van der Waals surface area contributed by atoms with E-state index in [1.54, 1.807) is 34.6 Å². The largest absolute Gasteiger partial charge is 0.392 e. The van der Waals surface area contributed by atoms with Gasteiger partial charge in [0.15, 0.2) is 5.78 Å². The molecule has 0 aromatic carbocycles. The van der Waals surface area contributed by atoms with Crippen molar-refractivity contribution in [3.8, 4) is 0 Å². The summed E-state index contributed by atoms with van der Waals surface area (Å²) in [6.07, 6.45) is -4.20. The van der Waals surface area contributed by atoms with Crippen LogP contribution in [-0.2, 0) is 9.53 Å². The Hall–Kier alpha value is 2.05. The molecule has 164 valence electrons. The molecule has 2 bridgehead atoms. The van der Waals surface area contributed by atoms with Gasteiger partial charge in [0, 0.05) is 112 Å². The molecule has 9 heteroatoms. The SMILES string of the molecule is CC1=C2C(O)C(=O)[C@]3(C)C(O)CC4OCC4(O)C3C(C)C(O)(CC1O)C2(C)C.[Ac].[Ac]. The Bertz CT molecular complexity index is 770. The Morgan fingerprint density at radius 2 is 1.63 bits per heavy atom. The standard InChI is InChI=1S/C21H32O7.2Ac/c1-9-11(22)7-21(27)10(2)16-19(5,12(23)6-13-20(16,26)8-28-13)17(25)15(24)14(9)18(21,3)4;;/h10-13,15-16,22-24,26-27H,6-8H2,1-5H3;;/t10?,11?,12?,13?,15?,16?,19-,20?,21?;;/m1../s1. The predicted molar refractivity (Wildman–Crippen MR) is 99.1 cm³/mol. The molecule has 1 aliphatic heterocycles. The third-order valence-corrected chi connectivity index (χ3v) is 8.88. The molecule has 0 aromatic heterocycles. The molecule has 7 nitrogen and oxygen atoms in total. The Labute approximate surface area is 249 Å². The molecule has 2 saturated carbocycles. The van der Waals surface area contributed by atoms with E-state index < -0.39 is 64.1 Å². The number of hydrogen-bond donors (Lipinski definition) is 5. The zero-order chi connectivity index (χ0) is 21.0. The van der Waals surface area contributed by atoms with E-state index in [4.69, 9.17) is 4.74 Å². The Kier molecular flexibility index (Phi) is 8.13.